The van der Waals surface area contributed by atoms with E-state index in [1.54, 1.807) is 20.8 Å². The zero-order valence-electron chi connectivity index (χ0n) is 17.9. The molecule has 1 saturated heterocycles. The van der Waals surface area contributed by atoms with Crippen molar-refractivity contribution in [3.8, 4) is 0 Å². The highest BCUT2D eigenvalue weighted by atomic mass is 16.7. The lowest BCUT2D eigenvalue weighted by atomic mass is 9.93. The first-order valence-electron chi connectivity index (χ1n) is 10.0. The summed E-state index contributed by atoms with van der Waals surface area (Å²) in [7, 11) is 0. The van der Waals surface area contributed by atoms with Gasteiger partial charge in [0.1, 0.15) is 24.4 Å². The summed E-state index contributed by atoms with van der Waals surface area (Å²) in [6.45, 7) is 9.98. The Morgan fingerprint density at radius 1 is 1.17 bits per heavy atom. The molecular formula is C21H38O8. The smallest absolute Gasteiger partial charge is 0.187 e. The van der Waals surface area contributed by atoms with E-state index in [-0.39, 0.29) is 0 Å². The van der Waals surface area contributed by atoms with E-state index in [1.165, 1.54) is 6.08 Å². The van der Waals surface area contributed by atoms with Gasteiger partial charge in [-0.3, -0.25) is 0 Å². The van der Waals surface area contributed by atoms with E-state index in [0.29, 0.717) is 25.7 Å². The lowest BCUT2D eigenvalue weighted by Gasteiger charge is -2.43. The zero-order chi connectivity index (χ0) is 22.4. The molecule has 170 valence electrons. The highest BCUT2D eigenvalue weighted by Gasteiger charge is 2.46. The number of hydrogen-bond acceptors (Lipinski definition) is 8. The van der Waals surface area contributed by atoms with Crippen LogP contribution in [0, 0.1) is 0 Å². The first-order valence-corrected chi connectivity index (χ1v) is 10.0. The van der Waals surface area contributed by atoms with Crippen LogP contribution in [0.25, 0.3) is 0 Å². The molecule has 1 rings (SSSR count). The minimum Gasteiger partial charge on any atom is -0.394 e. The van der Waals surface area contributed by atoms with Crippen molar-refractivity contribution in [3.63, 3.8) is 0 Å². The second-order valence-corrected chi connectivity index (χ2v) is 8.62. The summed E-state index contributed by atoms with van der Waals surface area (Å²) >= 11 is 0. The minimum absolute atomic E-state index is 0.393. The van der Waals surface area contributed by atoms with E-state index >= 15 is 0 Å². The largest absolute Gasteiger partial charge is 0.394 e. The van der Waals surface area contributed by atoms with Crippen LogP contribution in [0.1, 0.15) is 53.4 Å². The van der Waals surface area contributed by atoms with Gasteiger partial charge in [0.05, 0.1) is 23.9 Å². The Bertz CT molecular complexity index is 543. The van der Waals surface area contributed by atoms with Gasteiger partial charge in [0.25, 0.3) is 0 Å². The maximum absolute atomic E-state index is 10.6. The lowest BCUT2D eigenvalue weighted by Crippen LogP contribution is -2.61. The fourth-order valence-electron chi connectivity index (χ4n) is 3.07. The van der Waals surface area contributed by atoms with E-state index in [0.717, 1.165) is 5.57 Å². The van der Waals surface area contributed by atoms with Crippen LogP contribution in [0.2, 0.25) is 0 Å². The van der Waals surface area contributed by atoms with Crippen LogP contribution in [-0.2, 0) is 9.47 Å². The number of allylic oxidation sites excluding steroid dienone is 2. The van der Waals surface area contributed by atoms with Crippen molar-refractivity contribution in [1.29, 1.82) is 0 Å². The van der Waals surface area contributed by atoms with Crippen molar-refractivity contribution in [1.82, 2.24) is 0 Å². The number of aliphatic hydroxyl groups is 6. The van der Waals surface area contributed by atoms with E-state index in [4.69, 9.17) is 9.47 Å². The summed E-state index contributed by atoms with van der Waals surface area (Å²) < 4.78 is 11.1. The topological polar surface area (TPSA) is 140 Å². The third-order valence-corrected chi connectivity index (χ3v) is 5.47. The van der Waals surface area contributed by atoms with Gasteiger partial charge < -0.3 is 40.1 Å². The normalized spacial score (nSPS) is 31.9. The number of aliphatic hydroxyl groups excluding tert-OH is 5. The molecule has 0 unspecified atom stereocenters. The second kappa shape index (κ2) is 11.0. The van der Waals surface area contributed by atoms with Gasteiger partial charge in [-0.25, -0.2) is 0 Å². The number of ether oxygens (including phenoxy) is 2. The predicted molar refractivity (Wildman–Crippen MR) is 108 cm³/mol. The van der Waals surface area contributed by atoms with Gasteiger partial charge in [-0.1, -0.05) is 17.7 Å². The molecule has 0 bridgehead atoms. The van der Waals surface area contributed by atoms with Crippen LogP contribution >= 0.6 is 0 Å². The van der Waals surface area contributed by atoms with Gasteiger partial charge in [0.15, 0.2) is 6.29 Å². The molecule has 0 saturated carbocycles. The van der Waals surface area contributed by atoms with Crippen LogP contribution < -0.4 is 0 Å². The Morgan fingerprint density at radius 3 is 2.34 bits per heavy atom. The Hall–Kier alpha value is -0.840. The number of rotatable bonds is 11. The molecule has 8 nitrogen and oxygen atoms in total. The summed E-state index contributed by atoms with van der Waals surface area (Å²) in [5.74, 6) is 0. The standard InChI is InChI=1S/C21H38O8/c1-6-21(5,27)11-7-8-13(2)9-10-15(23)20(3,4)29-19-18(26)17(25)16(24)14(12-22)28-19/h6,8,14-19,22-27H,1,7,9-12H2,2-5H3/b13-8+/t14-,15-,16-,17+,18-,19+,21+/m1/s1. The van der Waals surface area contributed by atoms with Crippen molar-refractivity contribution >= 4 is 0 Å². The Balaban J connectivity index is 2.59. The van der Waals surface area contributed by atoms with Gasteiger partial charge in [-0.05, 0) is 53.4 Å². The van der Waals surface area contributed by atoms with Gasteiger partial charge in [-0.2, -0.15) is 0 Å². The van der Waals surface area contributed by atoms with Crippen LogP contribution in [0.4, 0.5) is 0 Å². The highest BCUT2D eigenvalue weighted by molar-refractivity contribution is 5.02. The van der Waals surface area contributed by atoms with Crippen LogP contribution in [0.3, 0.4) is 0 Å². The van der Waals surface area contributed by atoms with Crippen LogP contribution in [0.5, 0.6) is 0 Å². The molecule has 0 aromatic carbocycles. The molecule has 0 radical (unpaired) electrons. The first kappa shape index (κ1) is 26.2. The fraction of sp³-hybridized carbons (Fsp3) is 0.810. The molecule has 29 heavy (non-hydrogen) atoms. The third-order valence-electron chi connectivity index (χ3n) is 5.47. The van der Waals surface area contributed by atoms with Crippen molar-refractivity contribution < 1.29 is 40.1 Å². The molecule has 7 atom stereocenters. The molecule has 0 aromatic rings. The average Bonchev–Trinajstić information content (AvgIpc) is 2.66. The summed E-state index contributed by atoms with van der Waals surface area (Å²) in [5, 5.41) is 59.6. The fourth-order valence-corrected chi connectivity index (χ4v) is 3.07. The molecule has 0 amide bonds. The molecule has 6 N–H and O–H groups in total. The maximum atomic E-state index is 10.6. The molecular weight excluding hydrogens is 380 g/mol. The van der Waals surface area contributed by atoms with Gasteiger partial charge in [0.2, 0.25) is 0 Å². The van der Waals surface area contributed by atoms with Crippen LogP contribution in [0.15, 0.2) is 24.3 Å². The van der Waals surface area contributed by atoms with E-state index in [1.807, 2.05) is 13.0 Å². The summed E-state index contributed by atoms with van der Waals surface area (Å²) in [6.07, 6.45) is -1.99. The van der Waals surface area contributed by atoms with Gasteiger partial charge in [-0.15, -0.1) is 6.58 Å². The van der Waals surface area contributed by atoms with E-state index in [9.17, 15) is 30.6 Å². The monoisotopic (exact) mass is 418 g/mol. The van der Waals surface area contributed by atoms with Crippen molar-refractivity contribution in [2.24, 2.45) is 0 Å². The Labute approximate surface area is 173 Å². The molecule has 1 aliphatic rings. The highest BCUT2D eigenvalue weighted by Crippen LogP contribution is 2.29. The molecule has 0 aliphatic carbocycles. The molecule has 0 aromatic heterocycles. The van der Waals surface area contributed by atoms with E-state index in [2.05, 4.69) is 6.58 Å². The zero-order valence-corrected chi connectivity index (χ0v) is 17.9. The third kappa shape index (κ3) is 7.73. The number of hydrogen-bond donors (Lipinski definition) is 6. The molecule has 1 fully saturated rings. The Morgan fingerprint density at radius 2 is 1.79 bits per heavy atom. The van der Waals surface area contributed by atoms with Crippen LogP contribution in [-0.4, -0.2) is 85.3 Å². The predicted octanol–water partition coefficient (Wildman–Crippen LogP) is 0.386. The van der Waals surface area contributed by atoms with E-state index < -0.39 is 54.6 Å². The molecule has 1 heterocycles. The molecule has 0 spiro atoms. The first-order chi connectivity index (χ1) is 13.3. The Kier molecular flexibility index (Phi) is 9.91. The van der Waals surface area contributed by atoms with Crippen molar-refractivity contribution in [3.05, 3.63) is 24.3 Å². The lowest BCUT2D eigenvalue weighted by molar-refractivity contribution is -0.331. The molecule has 1 aliphatic heterocycles. The quantitative estimate of drug-likeness (QED) is 0.265. The van der Waals surface area contributed by atoms with Gasteiger partial charge >= 0.3 is 0 Å². The maximum Gasteiger partial charge on any atom is 0.187 e. The minimum atomic E-state index is -1.53. The summed E-state index contributed by atoms with van der Waals surface area (Å²) in [6, 6.07) is 0. The SMILES string of the molecule is C=C[C@](C)(O)CC/C=C(\C)CC[C@@H](O)C(C)(C)O[C@@H]1O[C@H](CO)[C@@H](O)[C@H](O)[C@H]1O. The summed E-state index contributed by atoms with van der Waals surface area (Å²) in [5.41, 5.74) is -0.953. The second-order valence-electron chi connectivity index (χ2n) is 8.62. The molecule has 8 heteroatoms. The van der Waals surface area contributed by atoms with Crippen molar-refractivity contribution in [2.45, 2.75) is 101 Å². The van der Waals surface area contributed by atoms with Crippen molar-refractivity contribution in [2.75, 3.05) is 6.61 Å². The average molecular weight is 419 g/mol. The van der Waals surface area contributed by atoms with Gasteiger partial charge in [0, 0.05) is 0 Å². The summed E-state index contributed by atoms with van der Waals surface area (Å²) in [4.78, 5) is 0.